The van der Waals surface area contributed by atoms with Crippen LogP contribution in [0.15, 0.2) is 48.5 Å². The maximum Gasteiger partial charge on any atom is 0.165 e. The SMILES string of the molecule is COc1ccc(CN(C)C(C)c2ccccc2)cc1F. The average molecular weight is 273 g/mol. The molecule has 0 fully saturated rings. The molecule has 0 bridgehead atoms. The van der Waals surface area contributed by atoms with Gasteiger partial charge in [-0.2, -0.15) is 0 Å². The fourth-order valence-electron chi connectivity index (χ4n) is 2.22. The molecule has 0 heterocycles. The van der Waals surface area contributed by atoms with Gasteiger partial charge in [0.25, 0.3) is 0 Å². The van der Waals surface area contributed by atoms with Crippen LogP contribution in [-0.2, 0) is 6.54 Å². The summed E-state index contributed by atoms with van der Waals surface area (Å²) in [4.78, 5) is 2.19. The van der Waals surface area contributed by atoms with Gasteiger partial charge in [-0.1, -0.05) is 36.4 Å². The first kappa shape index (κ1) is 14.5. The molecule has 20 heavy (non-hydrogen) atoms. The van der Waals surface area contributed by atoms with Crippen molar-refractivity contribution in [2.45, 2.75) is 19.5 Å². The van der Waals surface area contributed by atoms with Crippen LogP contribution in [0.5, 0.6) is 5.75 Å². The number of halogens is 1. The number of rotatable bonds is 5. The summed E-state index contributed by atoms with van der Waals surface area (Å²) >= 11 is 0. The molecule has 0 spiro atoms. The third-order valence-electron chi connectivity index (χ3n) is 3.59. The van der Waals surface area contributed by atoms with Crippen molar-refractivity contribution >= 4 is 0 Å². The summed E-state index contributed by atoms with van der Waals surface area (Å²) in [6.45, 7) is 2.84. The van der Waals surface area contributed by atoms with Gasteiger partial charge < -0.3 is 4.74 Å². The topological polar surface area (TPSA) is 12.5 Å². The van der Waals surface area contributed by atoms with Gasteiger partial charge in [-0.15, -0.1) is 0 Å². The second kappa shape index (κ2) is 6.53. The molecular formula is C17H20FNO. The Kier molecular flexibility index (Phi) is 4.74. The third-order valence-corrected chi connectivity index (χ3v) is 3.59. The molecule has 2 aromatic rings. The Hall–Kier alpha value is -1.87. The molecule has 2 nitrogen and oxygen atoms in total. The number of hydrogen-bond donors (Lipinski definition) is 0. The standard InChI is InChI=1S/C17H20FNO/c1-13(15-7-5-4-6-8-15)19(2)12-14-9-10-17(20-3)16(18)11-14/h4-11,13H,12H2,1-3H3. The van der Waals surface area contributed by atoms with Crippen LogP contribution in [0.4, 0.5) is 4.39 Å². The van der Waals surface area contributed by atoms with Crippen molar-refractivity contribution in [3.63, 3.8) is 0 Å². The highest BCUT2D eigenvalue weighted by Crippen LogP contribution is 2.23. The molecule has 3 heteroatoms. The van der Waals surface area contributed by atoms with Gasteiger partial charge >= 0.3 is 0 Å². The predicted molar refractivity (Wildman–Crippen MR) is 79.3 cm³/mol. The van der Waals surface area contributed by atoms with Gasteiger partial charge in [-0.3, -0.25) is 4.90 Å². The monoisotopic (exact) mass is 273 g/mol. The molecule has 0 aliphatic rings. The molecule has 0 saturated carbocycles. The molecular weight excluding hydrogens is 253 g/mol. The zero-order valence-corrected chi connectivity index (χ0v) is 12.1. The average Bonchev–Trinajstić information content (AvgIpc) is 2.47. The molecule has 0 amide bonds. The van der Waals surface area contributed by atoms with Crippen LogP contribution in [0.2, 0.25) is 0 Å². The summed E-state index contributed by atoms with van der Waals surface area (Å²) in [5.41, 5.74) is 2.19. The van der Waals surface area contributed by atoms with Crippen LogP contribution in [0, 0.1) is 5.82 Å². The zero-order chi connectivity index (χ0) is 14.5. The third kappa shape index (κ3) is 3.36. The van der Waals surface area contributed by atoms with E-state index in [0.717, 1.165) is 5.56 Å². The van der Waals surface area contributed by atoms with Crippen LogP contribution in [-0.4, -0.2) is 19.1 Å². The molecule has 2 rings (SSSR count). The molecule has 2 aromatic carbocycles. The lowest BCUT2D eigenvalue weighted by Gasteiger charge is -2.25. The van der Waals surface area contributed by atoms with Crippen molar-refractivity contribution < 1.29 is 9.13 Å². The lowest BCUT2D eigenvalue weighted by molar-refractivity contribution is 0.252. The molecule has 0 saturated heterocycles. The quantitative estimate of drug-likeness (QED) is 0.815. The fourth-order valence-corrected chi connectivity index (χ4v) is 2.22. The predicted octanol–water partition coefficient (Wildman–Crippen LogP) is 4.03. The summed E-state index contributed by atoms with van der Waals surface area (Å²) in [7, 11) is 3.52. The molecule has 0 aliphatic carbocycles. The first-order chi connectivity index (χ1) is 9.61. The van der Waals surface area contributed by atoms with E-state index in [2.05, 4.69) is 24.0 Å². The van der Waals surface area contributed by atoms with E-state index in [0.29, 0.717) is 6.54 Å². The first-order valence-electron chi connectivity index (χ1n) is 6.69. The number of methoxy groups -OCH3 is 1. The van der Waals surface area contributed by atoms with Crippen molar-refractivity contribution in [3.8, 4) is 5.75 Å². The van der Waals surface area contributed by atoms with Crippen molar-refractivity contribution in [3.05, 3.63) is 65.5 Å². The smallest absolute Gasteiger partial charge is 0.165 e. The molecule has 0 aromatic heterocycles. The minimum Gasteiger partial charge on any atom is -0.494 e. The van der Waals surface area contributed by atoms with Gasteiger partial charge in [-0.25, -0.2) is 4.39 Å². The van der Waals surface area contributed by atoms with Crippen molar-refractivity contribution in [2.75, 3.05) is 14.2 Å². The van der Waals surface area contributed by atoms with E-state index in [-0.39, 0.29) is 17.6 Å². The molecule has 0 N–H and O–H groups in total. The van der Waals surface area contributed by atoms with Crippen molar-refractivity contribution in [1.82, 2.24) is 4.90 Å². The lowest BCUT2D eigenvalue weighted by atomic mass is 10.1. The Morgan fingerprint density at radius 1 is 1.15 bits per heavy atom. The van der Waals surface area contributed by atoms with Crippen LogP contribution < -0.4 is 4.74 Å². The Labute approximate surface area is 119 Å². The van der Waals surface area contributed by atoms with E-state index < -0.39 is 0 Å². The Morgan fingerprint density at radius 3 is 2.45 bits per heavy atom. The van der Waals surface area contributed by atoms with Gasteiger partial charge in [0.1, 0.15) is 0 Å². The van der Waals surface area contributed by atoms with Crippen molar-refractivity contribution in [1.29, 1.82) is 0 Å². The summed E-state index contributed by atoms with van der Waals surface area (Å²) in [6.07, 6.45) is 0. The summed E-state index contributed by atoms with van der Waals surface area (Å²) in [6, 6.07) is 15.7. The number of nitrogens with zero attached hydrogens (tertiary/aromatic N) is 1. The highest BCUT2D eigenvalue weighted by Gasteiger charge is 2.12. The van der Waals surface area contributed by atoms with Gasteiger partial charge in [0, 0.05) is 12.6 Å². The number of hydrogen-bond acceptors (Lipinski definition) is 2. The van der Waals surface area contributed by atoms with Gasteiger partial charge in [0.15, 0.2) is 11.6 Å². The second-order valence-corrected chi connectivity index (χ2v) is 4.97. The minimum absolute atomic E-state index is 0.279. The largest absolute Gasteiger partial charge is 0.494 e. The van der Waals surface area contributed by atoms with Crippen LogP contribution >= 0.6 is 0 Å². The minimum atomic E-state index is -0.314. The van der Waals surface area contributed by atoms with Crippen LogP contribution in [0.3, 0.4) is 0 Å². The summed E-state index contributed by atoms with van der Waals surface area (Å²) in [5.74, 6) is -0.0294. The Bertz CT molecular complexity index is 556. The summed E-state index contributed by atoms with van der Waals surface area (Å²) < 4.78 is 18.6. The van der Waals surface area contributed by atoms with Crippen LogP contribution in [0.25, 0.3) is 0 Å². The highest BCUT2D eigenvalue weighted by atomic mass is 19.1. The van der Waals surface area contributed by atoms with Crippen LogP contribution in [0.1, 0.15) is 24.1 Å². The lowest BCUT2D eigenvalue weighted by Crippen LogP contribution is -2.21. The summed E-state index contributed by atoms with van der Waals surface area (Å²) in [5, 5.41) is 0. The van der Waals surface area contributed by atoms with Gasteiger partial charge in [0.2, 0.25) is 0 Å². The second-order valence-electron chi connectivity index (χ2n) is 4.97. The van der Waals surface area contributed by atoms with Gasteiger partial charge in [-0.05, 0) is 37.2 Å². The Balaban J connectivity index is 2.08. The van der Waals surface area contributed by atoms with E-state index >= 15 is 0 Å². The Morgan fingerprint density at radius 2 is 1.85 bits per heavy atom. The maximum atomic E-state index is 13.7. The first-order valence-corrected chi connectivity index (χ1v) is 6.69. The van der Waals surface area contributed by atoms with Gasteiger partial charge in [0.05, 0.1) is 7.11 Å². The molecule has 1 unspecified atom stereocenters. The number of benzene rings is 2. The normalized spacial score (nSPS) is 12.4. The van der Waals surface area contributed by atoms with E-state index in [1.165, 1.54) is 18.7 Å². The van der Waals surface area contributed by atoms with E-state index in [4.69, 9.17) is 4.74 Å². The fraction of sp³-hybridized carbons (Fsp3) is 0.294. The molecule has 0 aliphatic heterocycles. The molecule has 1 atom stereocenters. The number of ether oxygens (including phenoxy) is 1. The van der Waals surface area contributed by atoms with E-state index in [1.807, 2.05) is 31.3 Å². The molecule has 106 valence electrons. The van der Waals surface area contributed by atoms with E-state index in [1.54, 1.807) is 6.07 Å². The zero-order valence-electron chi connectivity index (χ0n) is 12.1. The molecule has 0 radical (unpaired) electrons. The van der Waals surface area contributed by atoms with E-state index in [9.17, 15) is 4.39 Å². The maximum absolute atomic E-state index is 13.7. The van der Waals surface area contributed by atoms with Crippen molar-refractivity contribution in [2.24, 2.45) is 0 Å². The highest BCUT2D eigenvalue weighted by molar-refractivity contribution is 5.29.